The summed E-state index contributed by atoms with van der Waals surface area (Å²) in [4.78, 5) is 50.2. The Bertz CT molecular complexity index is 1330. The summed E-state index contributed by atoms with van der Waals surface area (Å²) in [6.07, 6.45) is -3.02. The van der Waals surface area contributed by atoms with Crippen LogP contribution in [0.25, 0.3) is 11.2 Å². The zero-order chi connectivity index (χ0) is 27.7. The number of fused-ring (bicyclic) bond motifs is 1. The predicted octanol–water partition coefficient (Wildman–Crippen LogP) is -1.75. The largest absolute Gasteiger partial charge is 0.434 e. The fourth-order valence-corrected chi connectivity index (χ4v) is 4.72. The van der Waals surface area contributed by atoms with Gasteiger partial charge in [0, 0.05) is 26.1 Å². The number of piperidine rings is 1. The summed E-state index contributed by atoms with van der Waals surface area (Å²) in [7, 11) is 0. The van der Waals surface area contributed by atoms with Crippen LogP contribution in [0.15, 0.2) is 6.33 Å². The molecule has 6 N–H and O–H groups in total. The molecule has 2 aromatic heterocycles. The molecule has 0 spiro atoms. The molecule has 0 aromatic carbocycles. The van der Waals surface area contributed by atoms with Crippen molar-refractivity contribution in [2.75, 3.05) is 31.9 Å². The van der Waals surface area contributed by atoms with E-state index in [0.29, 0.717) is 32.6 Å². The Labute approximate surface area is 223 Å². The number of amides is 3. The van der Waals surface area contributed by atoms with E-state index in [4.69, 9.17) is 15.2 Å². The number of nitrogens with two attached hydrogens (primary N) is 1. The van der Waals surface area contributed by atoms with Gasteiger partial charge < -0.3 is 41.0 Å². The Morgan fingerprint density at radius 1 is 1.28 bits per heavy atom. The fourth-order valence-electron chi connectivity index (χ4n) is 4.72. The van der Waals surface area contributed by atoms with E-state index in [1.54, 1.807) is 11.8 Å². The summed E-state index contributed by atoms with van der Waals surface area (Å²) in [6, 6.07) is 0. The minimum Gasteiger partial charge on any atom is -0.434 e. The number of imidazole rings is 1. The molecule has 0 saturated carbocycles. The number of hydrogen-bond acceptors (Lipinski definition) is 11. The third-order valence-corrected chi connectivity index (χ3v) is 7.03. The molecule has 3 fully saturated rings. The molecule has 3 amide bonds. The van der Waals surface area contributed by atoms with E-state index in [9.17, 15) is 24.6 Å². The molecule has 0 bridgehead atoms. The third kappa shape index (κ3) is 5.31. The predicted molar refractivity (Wildman–Crippen MR) is 133 cm³/mol. The van der Waals surface area contributed by atoms with Gasteiger partial charge in [0.2, 0.25) is 5.82 Å². The minimum absolute atomic E-state index is 0.0864. The van der Waals surface area contributed by atoms with Crippen LogP contribution in [0, 0.1) is 17.8 Å². The molecule has 3 saturated heterocycles. The quantitative estimate of drug-likeness (QED) is 0.211. The highest BCUT2D eigenvalue weighted by molar-refractivity contribution is 5.88. The number of nitrogen functional groups attached to an aromatic ring is 1. The van der Waals surface area contributed by atoms with E-state index < -0.39 is 42.6 Å². The normalized spacial score (nSPS) is 26.9. The molecular formula is C24H30N8O7. The molecule has 0 aliphatic carbocycles. The molecule has 2 aromatic rings. The van der Waals surface area contributed by atoms with Gasteiger partial charge in [-0.2, -0.15) is 0 Å². The Morgan fingerprint density at radius 3 is 2.72 bits per heavy atom. The second-order valence-electron chi connectivity index (χ2n) is 9.63. The highest BCUT2D eigenvalue weighted by Gasteiger charge is 2.47. The average molecular weight is 543 g/mol. The topological polar surface area (TPSA) is 207 Å². The molecule has 5 atom stereocenters. The lowest BCUT2D eigenvalue weighted by atomic mass is 9.94. The Hall–Kier alpha value is -4.00. The van der Waals surface area contributed by atoms with Gasteiger partial charge in [0.25, 0.3) is 11.8 Å². The third-order valence-electron chi connectivity index (χ3n) is 7.03. The maximum absolute atomic E-state index is 12.2. The van der Waals surface area contributed by atoms with Gasteiger partial charge in [-0.3, -0.25) is 14.2 Å². The lowest BCUT2D eigenvalue weighted by molar-refractivity contribution is -0.138. The Kier molecular flexibility index (Phi) is 7.51. The number of rotatable bonds is 5. The first-order valence-corrected chi connectivity index (χ1v) is 12.8. The summed E-state index contributed by atoms with van der Waals surface area (Å²) < 4.78 is 12.3. The van der Waals surface area contributed by atoms with Gasteiger partial charge in [0.1, 0.15) is 17.7 Å². The number of aliphatic hydroxyl groups excluding tert-OH is 2. The van der Waals surface area contributed by atoms with E-state index in [0.717, 1.165) is 12.8 Å². The van der Waals surface area contributed by atoms with Gasteiger partial charge in [0.15, 0.2) is 29.9 Å². The van der Waals surface area contributed by atoms with E-state index >= 15 is 0 Å². The Balaban J connectivity index is 1.22. The van der Waals surface area contributed by atoms with Crippen LogP contribution in [0.2, 0.25) is 0 Å². The SMILES string of the molecule is CCNC(=O)[C@H]1O[C@@H](n2cnc3c(N)nc(C#CCC4CCN(C(=O)OC5CNC5=O)CC4)nc32)[C@@H](O)C1O. The monoisotopic (exact) mass is 542 g/mol. The second kappa shape index (κ2) is 11.0. The van der Waals surface area contributed by atoms with Crippen LogP contribution in [-0.2, 0) is 19.1 Å². The number of nitrogens with zero attached hydrogens (tertiary/aromatic N) is 5. The number of likely N-dealkylation sites (tertiary alicyclic amines) is 1. The van der Waals surface area contributed by atoms with Crippen molar-refractivity contribution >= 4 is 34.9 Å². The number of anilines is 1. The number of likely N-dealkylation sites (N-methyl/N-ethyl adjacent to an activating group) is 1. The zero-order valence-corrected chi connectivity index (χ0v) is 21.2. The summed E-state index contributed by atoms with van der Waals surface area (Å²) >= 11 is 0. The molecule has 0 radical (unpaired) electrons. The first-order chi connectivity index (χ1) is 18.8. The highest BCUT2D eigenvalue weighted by atomic mass is 16.6. The number of carbonyl (C=O) groups is 3. The van der Waals surface area contributed by atoms with Gasteiger partial charge in [-0.05, 0) is 31.6 Å². The number of aliphatic hydroxyl groups is 2. The molecule has 15 nitrogen and oxygen atoms in total. The standard InChI is InChI=1S/C24H30N8O7/c1-2-26-22(36)18-16(33)17(34)23(39-18)32-11-28-15-19(25)29-14(30-20(15)32)5-3-4-12-6-8-31(9-7-12)24(37)38-13-10-27-21(13)35/h11-13,16-18,23,33-34H,2,4,6-10H2,1H3,(H,26,36)(H,27,35)(H2,25,29,30)/t13?,16?,17-,18-,23+/m0/s1. The molecule has 15 heteroatoms. The minimum atomic E-state index is -1.44. The van der Waals surface area contributed by atoms with Crippen molar-refractivity contribution in [3.63, 3.8) is 0 Å². The fraction of sp³-hybridized carbons (Fsp3) is 0.583. The van der Waals surface area contributed by atoms with Crippen LogP contribution in [0.5, 0.6) is 0 Å². The van der Waals surface area contributed by atoms with Crippen LogP contribution >= 0.6 is 0 Å². The van der Waals surface area contributed by atoms with Crippen molar-refractivity contribution in [3.05, 3.63) is 12.2 Å². The van der Waals surface area contributed by atoms with Crippen LogP contribution in [0.1, 0.15) is 38.2 Å². The molecule has 208 valence electrons. The number of hydrogen-bond donors (Lipinski definition) is 5. The van der Waals surface area contributed by atoms with E-state index in [-0.39, 0.29) is 34.6 Å². The zero-order valence-electron chi connectivity index (χ0n) is 21.2. The summed E-state index contributed by atoms with van der Waals surface area (Å²) in [5, 5.41) is 26.0. The maximum Gasteiger partial charge on any atom is 0.410 e. The van der Waals surface area contributed by atoms with Crippen LogP contribution in [0.3, 0.4) is 0 Å². The average Bonchev–Trinajstić information content (AvgIpc) is 3.47. The number of ether oxygens (including phenoxy) is 2. The molecule has 2 unspecified atom stereocenters. The number of carbonyl (C=O) groups excluding carboxylic acids is 3. The van der Waals surface area contributed by atoms with E-state index in [1.807, 2.05) is 0 Å². The lowest BCUT2D eigenvalue weighted by Gasteiger charge is -2.33. The molecule has 3 aliphatic heterocycles. The van der Waals surface area contributed by atoms with Crippen molar-refractivity contribution < 1.29 is 34.1 Å². The molecule has 3 aliphatic rings. The van der Waals surface area contributed by atoms with E-state index in [1.165, 1.54) is 10.9 Å². The van der Waals surface area contributed by atoms with Crippen LogP contribution in [0.4, 0.5) is 10.6 Å². The van der Waals surface area contributed by atoms with Crippen molar-refractivity contribution in [2.24, 2.45) is 5.92 Å². The smallest absolute Gasteiger partial charge is 0.410 e. The summed E-state index contributed by atoms with van der Waals surface area (Å²) in [5.41, 5.74) is 6.59. The van der Waals surface area contributed by atoms with Gasteiger partial charge in [-0.15, -0.1) is 0 Å². The Morgan fingerprint density at radius 2 is 2.05 bits per heavy atom. The van der Waals surface area contributed by atoms with Crippen molar-refractivity contribution in [1.29, 1.82) is 0 Å². The number of β-lactam (4-membered cyclic amide) rings is 1. The van der Waals surface area contributed by atoms with Crippen LogP contribution in [-0.4, -0.2) is 103 Å². The van der Waals surface area contributed by atoms with Gasteiger partial charge in [-0.1, -0.05) is 5.92 Å². The van der Waals surface area contributed by atoms with Crippen molar-refractivity contribution in [3.8, 4) is 11.8 Å². The van der Waals surface area contributed by atoms with Gasteiger partial charge >= 0.3 is 6.09 Å². The van der Waals surface area contributed by atoms with Crippen LogP contribution < -0.4 is 16.4 Å². The summed E-state index contributed by atoms with van der Waals surface area (Å²) in [6.45, 7) is 3.46. The van der Waals surface area contributed by atoms with E-state index in [2.05, 4.69) is 37.4 Å². The van der Waals surface area contributed by atoms with Gasteiger partial charge in [0.05, 0.1) is 12.9 Å². The molecule has 5 rings (SSSR count). The molecule has 39 heavy (non-hydrogen) atoms. The number of aromatic nitrogens is 4. The molecule has 5 heterocycles. The maximum atomic E-state index is 12.2. The van der Waals surface area contributed by atoms with Crippen molar-refractivity contribution in [1.82, 2.24) is 35.1 Å². The summed E-state index contributed by atoms with van der Waals surface area (Å²) in [5.74, 6) is 5.68. The van der Waals surface area contributed by atoms with Gasteiger partial charge in [-0.25, -0.2) is 19.7 Å². The lowest BCUT2D eigenvalue weighted by Crippen LogP contribution is -2.56. The second-order valence-corrected chi connectivity index (χ2v) is 9.63. The van der Waals surface area contributed by atoms with Crippen molar-refractivity contribution in [2.45, 2.75) is 56.8 Å². The first kappa shape index (κ1) is 26.6. The first-order valence-electron chi connectivity index (χ1n) is 12.8. The number of nitrogens with one attached hydrogen (secondary N) is 2. The molecular weight excluding hydrogens is 512 g/mol. The highest BCUT2D eigenvalue weighted by Crippen LogP contribution is 2.32.